The van der Waals surface area contributed by atoms with Crippen LogP contribution in [0.25, 0.3) is 33.1 Å². The van der Waals surface area contributed by atoms with Crippen LogP contribution in [0.4, 0.5) is 0 Å². The van der Waals surface area contributed by atoms with Crippen LogP contribution in [0.15, 0.2) is 60.8 Å². The monoisotopic (exact) mass is 288 g/mol. The van der Waals surface area contributed by atoms with E-state index in [0.29, 0.717) is 0 Å². The van der Waals surface area contributed by atoms with Crippen molar-refractivity contribution in [3.05, 3.63) is 60.8 Å². The third-order valence-corrected chi connectivity index (χ3v) is 4.08. The number of para-hydroxylation sites is 2. The Kier molecular flexibility index (Phi) is 2.86. The maximum Gasteiger partial charge on any atom is 0.128 e. The molecule has 0 saturated heterocycles. The highest BCUT2D eigenvalue weighted by atomic mass is 16.5. The molecule has 0 atom stereocenters. The number of pyridine rings is 1. The number of hydrogen-bond acceptors (Lipinski definition) is 2. The number of nitrogens with zero attached hydrogens (tertiary/aromatic N) is 2. The molecule has 0 aliphatic heterocycles. The van der Waals surface area contributed by atoms with Gasteiger partial charge in [-0.3, -0.25) is 0 Å². The highest BCUT2D eigenvalue weighted by molar-refractivity contribution is 6.09. The van der Waals surface area contributed by atoms with Gasteiger partial charge in [-0.1, -0.05) is 30.3 Å². The molecule has 108 valence electrons. The number of fused-ring (bicyclic) bond motifs is 3. The van der Waals surface area contributed by atoms with Crippen LogP contribution in [0.3, 0.4) is 0 Å². The summed E-state index contributed by atoms with van der Waals surface area (Å²) in [5, 5.41) is 2.31. The zero-order valence-corrected chi connectivity index (χ0v) is 12.6. The van der Waals surface area contributed by atoms with E-state index < -0.39 is 0 Å². The first kappa shape index (κ1) is 12.9. The quantitative estimate of drug-likeness (QED) is 0.546. The molecule has 3 nitrogen and oxygen atoms in total. The third kappa shape index (κ3) is 1.79. The molecule has 2 aromatic heterocycles. The smallest absolute Gasteiger partial charge is 0.128 e. The second kappa shape index (κ2) is 4.88. The fourth-order valence-corrected chi connectivity index (χ4v) is 3.05. The molecule has 0 N–H and O–H groups in total. The van der Waals surface area contributed by atoms with E-state index >= 15 is 0 Å². The van der Waals surface area contributed by atoms with Crippen molar-refractivity contribution >= 4 is 21.8 Å². The molecule has 0 radical (unpaired) electrons. The molecule has 2 aromatic carbocycles. The predicted octanol–water partition coefficient (Wildman–Crippen LogP) is 4.40. The van der Waals surface area contributed by atoms with Crippen LogP contribution in [0.5, 0.6) is 5.75 Å². The summed E-state index contributed by atoms with van der Waals surface area (Å²) in [6.45, 7) is 0. The number of hydrogen-bond donors (Lipinski definition) is 0. The minimum absolute atomic E-state index is 0.843. The Hall–Kier alpha value is -2.81. The van der Waals surface area contributed by atoms with Crippen molar-refractivity contribution in [3.8, 4) is 17.0 Å². The average molecular weight is 288 g/mol. The molecule has 0 saturated carbocycles. The number of aromatic nitrogens is 2. The van der Waals surface area contributed by atoms with Gasteiger partial charge in [-0.2, -0.15) is 0 Å². The normalized spacial score (nSPS) is 11.2. The van der Waals surface area contributed by atoms with Gasteiger partial charge < -0.3 is 9.30 Å². The summed E-state index contributed by atoms with van der Waals surface area (Å²) >= 11 is 0. The van der Waals surface area contributed by atoms with E-state index in [4.69, 9.17) is 9.72 Å². The summed E-state index contributed by atoms with van der Waals surface area (Å²) in [5.41, 5.74) is 4.18. The maximum atomic E-state index is 5.52. The Balaban J connectivity index is 2.17. The average Bonchev–Trinajstić information content (AvgIpc) is 2.96. The fraction of sp³-hybridized carbons (Fsp3) is 0.105. The first-order chi connectivity index (χ1) is 10.8. The van der Waals surface area contributed by atoms with Crippen LogP contribution in [0.1, 0.15) is 0 Å². The van der Waals surface area contributed by atoms with Crippen LogP contribution in [0, 0.1) is 0 Å². The van der Waals surface area contributed by atoms with Gasteiger partial charge in [-0.15, -0.1) is 0 Å². The van der Waals surface area contributed by atoms with Crippen molar-refractivity contribution in [1.82, 2.24) is 9.55 Å². The van der Waals surface area contributed by atoms with Crippen LogP contribution in [-0.4, -0.2) is 16.7 Å². The molecule has 0 fully saturated rings. The number of aryl methyl sites for hydroxylation is 1. The molecular weight excluding hydrogens is 272 g/mol. The predicted molar refractivity (Wildman–Crippen MR) is 90.2 cm³/mol. The lowest BCUT2D eigenvalue weighted by molar-refractivity contribution is 0.416. The molecule has 4 rings (SSSR count). The minimum atomic E-state index is 0.843. The van der Waals surface area contributed by atoms with Gasteiger partial charge in [-0.25, -0.2) is 4.98 Å². The molecule has 22 heavy (non-hydrogen) atoms. The van der Waals surface area contributed by atoms with Crippen LogP contribution in [-0.2, 0) is 7.05 Å². The first-order valence-corrected chi connectivity index (χ1v) is 7.27. The highest BCUT2D eigenvalue weighted by Crippen LogP contribution is 2.36. The molecule has 0 spiro atoms. The molecule has 4 aromatic rings. The van der Waals surface area contributed by atoms with Crippen LogP contribution in [0.2, 0.25) is 0 Å². The summed E-state index contributed by atoms with van der Waals surface area (Å²) in [5.74, 6) is 0.843. The van der Waals surface area contributed by atoms with Gasteiger partial charge in [-0.05, 0) is 24.3 Å². The van der Waals surface area contributed by atoms with Gasteiger partial charge in [0.05, 0.1) is 23.8 Å². The van der Waals surface area contributed by atoms with Crippen molar-refractivity contribution in [3.63, 3.8) is 0 Å². The lowest BCUT2D eigenvalue weighted by Crippen LogP contribution is -1.93. The fourth-order valence-electron chi connectivity index (χ4n) is 3.05. The molecule has 0 amide bonds. The SMILES string of the molecule is COc1ccccc1-c1nc2ccccc2c2c1ccn2C. The van der Waals surface area contributed by atoms with Gasteiger partial charge in [0.25, 0.3) is 0 Å². The zero-order valence-electron chi connectivity index (χ0n) is 12.6. The third-order valence-electron chi connectivity index (χ3n) is 4.08. The summed E-state index contributed by atoms with van der Waals surface area (Å²) in [6, 6.07) is 18.4. The maximum absolute atomic E-state index is 5.52. The molecule has 0 aliphatic rings. The number of benzene rings is 2. The molecular formula is C19H16N2O. The van der Waals surface area contributed by atoms with Crippen LogP contribution >= 0.6 is 0 Å². The van der Waals surface area contributed by atoms with Crippen molar-refractivity contribution in [1.29, 1.82) is 0 Å². The van der Waals surface area contributed by atoms with E-state index in [1.165, 1.54) is 10.9 Å². The Morgan fingerprint density at radius 2 is 1.68 bits per heavy atom. The standard InChI is InChI=1S/C19H16N2O/c1-21-12-11-15-18(14-8-4-6-10-17(14)22-2)20-16-9-5-3-7-13(16)19(15)21/h3-12H,1-2H3. The summed E-state index contributed by atoms with van der Waals surface area (Å²) in [4.78, 5) is 4.90. The molecule has 2 heterocycles. The van der Waals surface area contributed by atoms with E-state index in [-0.39, 0.29) is 0 Å². The Labute approximate surface area is 128 Å². The second-order valence-electron chi connectivity index (χ2n) is 5.37. The Morgan fingerprint density at radius 1 is 0.909 bits per heavy atom. The molecule has 0 unspecified atom stereocenters. The first-order valence-electron chi connectivity index (χ1n) is 7.27. The van der Waals surface area contributed by atoms with Gasteiger partial charge >= 0.3 is 0 Å². The summed E-state index contributed by atoms with van der Waals surface area (Å²) in [6.07, 6.45) is 2.08. The van der Waals surface area contributed by atoms with E-state index in [2.05, 4.69) is 48.1 Å². The topological polar surface area (TPSA) is 27.1 Å². The highest BCUT2D eigenvalue weighted by Gasteiger charge is 2.15. The molecule has 0 bridgehead atoms. The van der Waals surface area contributed by atoms with Crippen LogP contribution < -0.4 is 4.74 Å². The number of ether oxygens (including phenoxy) is 1. The van der Waals surface area contributed by atoms with E-state index in [1.807, 2.05) is 24.3 Å². The van der Waals surface area contributed by atoms with E-state index in [1.54, 1.807) is 7.11 Å². The Bertz CT molecular complexity index is 985. The second-order valence-corrected chi connectivity index (χ2v) is 5.37. The van der Waals surface area contributed by atoms with Crippen molar-refractivity contribution < 1.29 is 4.74 Å². The Morgan fingerprint density at radius 3 is 2.55 bits per heavy atom. The van der Waals surface area contributed by atoms with E-state index in [0.717, 1.165) is 27.9 Å². The lowest BCUT2D eigenvalue weighted by atomic mass is 10.0. The minimum Gasteiger partial charge on any atom is -0.496 e. The summed E-state index contributed by atoms with van der Waals surface area (Å²) in [7, 11) is 3.77. The summed E-state index contributed by atoms with van der Waals surface area (Å²) < 4.78 is 7.67. The van der Waals surface area contributed by atoms with Crippen molar-refractivity contribution in [2.24, 2.45) is 7.05 Å². The van der Waals surface area contributed by atoms with Gasteiger partial charge in [0.1, 0.15) is 5.75 Å². The zero-order chi connectivity index (χ0) is 15.1. The van der Waals surface area contributed by atoms with Crippen molar-refractivity contribution in [2.75, 3.05) is 7.11 Å². The van der Waals surface area contributed by atoms with E-state index in [9.17, 15) is 0 Å². The molecule has 3 heteroatoms. The lowest BCUT2D eigenvalue weighted by Gasteiger charge is -2.11. The largest absolute Gasteiger partial charge is 0.496 e. The van der Waals surface area contributed by atoms with Gasteiger partial charge in [0, 0.05) is 29.6 Å². The molecule has 0 aliphatic carbocycles. The number of rotatable bonds is 2. The number of methoxy groups -OCH3 is 1. The van der Waals surface area contributed by atoms with Gasteiger partial charge in [0.15, 0.2) is 0 Å². The van der Waals surface area contributed by atoms with Gasteiger partial charge in [0.2, 0.25) is 0 Å². The van der Waals surface area contributed by atoms with Crippen molar-refractivity contribution in [2.45, 2.75) is 0 Å².